The third-order valence-electron chi connectivity index (χ3n) is 2.49. The maximum absolute atomic E-state index is 10.9. The smallest absolute Gasteiger partial charge is 0.331 e. The van der Waals surface area contributed by atoms with Gasteiger partial charge in [-0.15, -0.1) is 0 Å². The molecule has 1 aliphatic rings. The van der Waals surface area contributed by atoms with Crippen LogP contribution in [0.25, 0.3) is 0 Å². The predicted molar refractivity (Wildman–Crippen MR) is 52.6 cm³/mol. The van der Waals surface area contributed by atoms with Crippen LogP contribution in [0.1, 0.15) is 19.3 Å². The average Bonchev–Trinajstić information content (AvgIpc) is 2.26. The Hall–Kier alpha value is -1.03. The van der Waals surface area contributed by atoms with Crippen LogP contribution in [-0.4, -0.2) is 42.3 Å². The number of ether oxygens (including phenoxy) is 1. The first-order chi connectivity index (χ1) is 6.77. The molecule has 1 fully saturated rings. The summed E-state index contributed by atoms with van der Waals surface area (Å²) in [6.07, 6.45) is 6.36. The van der Waals surface area contributed by atoms with Gasteiger partial charge in [0.2, 0.25) is 0 Å². The van der Waals surface area contributed by atoms with Crippen LogP contribution in [0.4, 0.5) is 0 Å². The lowest BCUT2D eigenvalue weighted by Crippen LogP contribution is -2.38. The Kier molecular flexibility index (Phi) is 4.46. The van der Waals surface area contributed by atoms with Crippen molar-refractivity contribution in [2.24, 2.45) is 0 Å². The molecule has 4 nitrogen and oxygen atoms in total. The summed E-state index contributed by atoms with van der Waals surface area (Å²) in [6, 6.07) is 0.157. The lowest BCUT2D eigenvalue weighted by atomic mass is 10.0. The molecule has 0 aliphatic carbocycles. The van der Waals surface area contributed by atoms with E-state index in [4.69, 9.17) is 5.11 Å². The highest BCUT2D eigenvalue weighted by Gasteiger charge is 2.18. The van der Waals surface area contributed by atoms with Crippen LogP contribution in [0.2, 0.25) is 0 Å². The molecule has 14 heavy (non-hydrogen) atoms. The summed E-state index contributed by atoms with van der Waals surface area (Å²) in [6.45, 7) is 1.05. The lowest BCUT2D eigenvalue weighted by Gasteiger charge is -2.33. The molecule has 80 valence electrons. The summed E-state index contributed by atoms with van der Waals surface area (Å²) in [4.78, 5) is 12.9. The van der Waals surface area contributed by atoms with E-state index in [0.29, 0.717) is 0 Å². The molecule has 0 bridgehead atoms. The van der Waals surface area contributed by atoms with Gasteiger partial charge in [0.05, 0.1) is 19.8 Å². The second-order valence-corrected chi connectivity index (χ2v) is 3.41. The van der Waals surface area contributed by atoms with Crippen molar-refractivity contribution in [1.82, 2.24) is 4.90 Å². The first-order valence-electron chi connectivity index (χ1n) is 4.90. The minimum absolute atomic E-state index is 0.144. The number of aliphatic hydroxyl groups is 1. The molecule has 0 saturated carbocycles. The van der Waals surface area contributed by atoms with E-state index < -0.39 is 0 Å². The summed E-state index contributed by atoms with van der Waals surface area (Å²) in [5.74, 6) is -0.354. The number of methoxy groups -OCH3 is 1. The molecule has 0 amide bonds. The number of esters is 1. The highest BCUT2D eigenvalue weighted by Crippen LogP contribution is 2.16. The summed E-state index contributed by atoms with van der Waals surface area (Å²) in [7, 11) is 1.35. The third kappa shape index (κ3) is 3.03. The minimum atomic E-state index is -0.354. The van der Waals surface area contributed by atoms with Crippen molar-refractivity contribution in [2.75, 3.05) is 20.3 Å². The van der Waals surface area contributed by atoms with Crippen molar-refractivity contribution in [3.63, 3.8) is 0 Å². The molecular weight excluding hydrogens is 182 g/mol. The number of aliphatic hydroxyl groups excluding tert-OH is 1. The quantitative estimate of drug-likeness (QED) is 0.532. The van der Waals surface area contributed by atoms with Crippen molar-refractivity contribution in [1.29, 1.82) is 0 Å². The van der Waals surface area contributed by atoms with Crippen molar-refractivity contribution >= 4 is 5.97 Å². The predicted octanol–water partition coefficient (Wildman–Crippen LogP) is 0.520. The van der Waals surface area contributed by atoms with Crippen LogP contribution in [0.15, 0.2) is 12.3 Å². The number of hydrogen-bond donors (Lipinski definition) is 1. The van der Waals surface area contributed by atoms with E-state index in [2.05, 4.69) is 4.74 Å². The van der Waals surface area contributed by atoms with E-state index in [-0.39, 0.29) is 18.6 Å². The lowest BCUT2D eigenvalue weighted by molar-refractivity contribution is -0.134. The zero-order valence-corrected chi connectivity index (χ0v) is 8.48. The number of piperidine rings is 1. The highest BCUT2D eigenvalue weighted by molar-refractivity contribution is 5.81. The molecule has 4 heteroatoms. The van der Waals surface area contributed by atoms with E-state index in [9.17, 15) is 4.79 Å². The molecule has 1 rings (SSSR count). The van der Waals surface area contributed by atoms with Crippen LogP contribution >= 0.6 is 0 Å². The average molecular weight is 199 g/mol. The Labute approximate surface area is 84.2 Å². The Morgan fingerprint density at radius 2 is 2.43 bits per heavy atom. The summed E-state index contributed by atoms with van der Waals surface area (Å²) in [5, 5.41) is 9.09. The number of likely N-dealkylation sites (tertiary alicyclic amines) is 1. The first-order valence-corrected chi connectivity index (χ1v) is 4.90. The number of rotatable bonds is 3. The Bertz CT molecular complexity index is 215. The van der Waals surface area contributed by atoms with Gasteiger partial charge in [0, 0.05) is 18.8 Å². The van der Waals surface area contributed by atoms with E-state index in [0.717, 1.165) is 25.8 Å². The van der Waals surface area contributed by atoms with E-state index in [1.165, 1.54) is 13.2 Å². The van der Waals surface area contributed by atoms with Gasteiger partial charge >= 0.3 is 5.97 Å². The second-order valence-electron chi connectivity index (χ2n) is 3.41. The third-order valence-corrected chi connectivity index (χ3v) is 2.49. The van der Waals surface area contributed by atoms with Crippen molar-refractivity contribution in [2.45, 2.75) is 25.3 Å². The van der Waals surface area contributed by atoms with Crippen molar-refractivity contribution < 1.29 is 14.6 Å². The van der Waals surface area contributed by atoms with Gasteiger partial charge in [-0.2, -0.15) is 0 Å². The number of nitrogens with zero attached hydrogens (tertiary/aromatic N) is 1. The second kappa shape index (κ2) is 5.65. The Balaban J connectivity index is 2.47. The molecule has 1 aliphatic heterocycles. The monoisotopic (exact) mass is 199 g/mol. The molecule has 1 N–H and O–H groups in total. The number of carbonyl (C=O) groups excluding carboxylic acids is 1. The van der Waals surface area contributed by atoms with E-state index in [1.54, 1.807) is 6.20 Å². The number of hydrogen-bond acceptors (Lipinski definition) is 4. The van der Waals surface area contributed by atoms with Crippen molar-refractivity contribution in [3.8, 4) is 0 Å². The van der Waals surface area contributed by atoms with Crippen LogP contribution in [0.3, 0.4) is 0 Å². The molecule has 0 aromatic carbocycles. The van der Waals surface area contributed by atoms with Crippen LogP contribution in [-0.2, 0) is 9.53 Å². The Morgan fingerprint density at radius 1 is 1.64 bits per heavy atom. The SMILES string of the molecule is COC(=O)C=CN1CCCCC1CO. The van der Waals surface area contributed by atoms with Crippen LogP contribution in [0.5, 0.6) is 0 Å². The minimum Gasteiger partial charge on any atom is -0.466 e. The normalized spacial score (nSPS) is 22.7. The molecule has 1 saturated heterocycles. The fraction of sp³-hybridized carbons (Fsp3) is 0.700. The zero-order chi connectivity index (χ0) is 10.4. The summed E-state index contributed by atoms with van der Waals surface area (Å²) < 4.78 is 4.50. The molecule has 0 aromatic heterocycles. The highest BCUT2D eigenvalue weighted by atomic mass is 16.5. The van der Waals surface area contributed by atoms with Crippen LogP contribution < -0.4 is 0 Å². The van der Waals surface area contributed by atoms with E-state index >= 15 is 0 Å². The number of carbonyl (C=O) groups is 1. The molecule has 0 radical (unpaired) electrons. The Morgan fingerprint density at radius 3 is 3.07 bits per heavy atom. The molecule has 0 aromatic rings. The molecular formula is C10H17NO3. The molecule has 0 spiro atoms. The molecule has 1 heterocycles. The first kappa shape index (κ1) is 11.0. The van der Waals surface area contributed by atoms with Gasteiger partial charge in [-0.3, -0.25) is 0 Å². The van der Waals surface area contributed by atoms with Crippen LogP contribution in [0, 0.1) is 0 Å². The molecule has 1 atom stereocenters. The van der Waals surface area contributed by atoms with Gasteiger partial charge in [-0.25, -0.2) is 4.79 Å². The fourth-order valence-corrected chi connectivity index (χ4v) is 1.64. The van der Waals surface area contributed by atoms with Gasteiger partial charge < -0.3 is 14.7 Å². The summed E-state index contributed by atoms with van der Waals surface area (Å²) in [5.41, 5.74) is 0. The van der Waals surface area contributed by atoms with Gasteiger partial charge in [0.25, 0.3) is 0 Å². The van der Waals surface area contributed by atoms with Gasteiger partial charge in [0.15, 0.2) is 0 Å². The van der Waals surface area contributed by atoms with Crippen molar-refractivity contribution in [3.05, 3.63) is 12.3 Å². The standard InChI is InChI=1S/C10H17NO3/c1-14-10(13)5-7-11-6-3-2-4-9(11)8-12/h5,7,9,12H,2-4,6,8H2,1H3. The van der Waals surface area contributed by atoms with E-state index in [1.807, 2.05) is 4.90 Å². The zero-order valence-electron chi connectivity index (χ0n) is 8.48. The summed E-state index contributed by atoms with van der Waals surface area (Å²) >= 11 is 0. The molecule has 1 unspecified atom stereocenters. The van der Waals surface area contributed by atoms with Gasteiger partial charge in [0.1, 0.15) is 0 Å². The maximum atomic E-state index is 10.9. The van der Waals surface area contributed by atoms with Gasteiger partial charge in [-0.1, -0.05) is 0 Å². The van der Waals surface area contributed by atoms with Gasteiger partial charge in [-0.05, 0) is 19.3 Å². The largest absolute Gasteiger partial charge is 0.466 e. The maximum Gasteiger partial charge on any atom is 0.331 e. The topological polar surface area (TPSA) is 49.8 Å². The fourth-order valence-electron chi connectivity index (χ4n) is 1.64.